The summed E-state index contributed by atoms with van der Waals surface area (Å²) >= 11 is 5.94. The van der Waals surface area contributed by atoms with Crippen LogP contribution in [-0.4, -0.2) is 13.0 Å². The maximum absolute atomic E-state index is 11.6. The van der Waals surface area contributed by atoms with Crippen LogP contribution in [-0.2, 0) is 6.54 Å². The van der Waals surface area contributed by atoms with Gasteiger partial charge in [-0.1, -0.05) is 23.7 Å². The number of hydrogen-bond donors (Lipinski definition) is 3. The summed E-state index contributed by atoms with van der Waals surface area (Å²) in [5, 5.41) is 6.49. The summed E-state index contributed by atoms with van der Waals surface area (Å²) < 4.78 is 0. The van der Waals surface area contributed by atoms with E-state index in [1.54, 1.807) is 25.2 Å². The topological polar surface area (TPSA) is 67.2 Å². The number of nitrogens with two attached hydrogens (primary N) is 1. The normalized spacial score (nSPS) is 10.1. The standard InChI is InChI=1S/C15H16ClN3O/c1-18-15(20)11-5-6-13(17)14(8-11)19-9-10-3-2-4-12(16)7-10/h2-8,19H,9,17H2,1H3,(H,18,20). The van der Waals surface area contributed by atoms with Gasteiger partial charge in [0.15, 0.2) is 0 Å². The second kappa shape index (κ2) is 6.30. The molecule has 0 saturated carbocycles. The lowest BCUT2D eigenvalue weighted by molar-refractivity contribution is 0.0963. The van der Waals surface area contributed by atoms with Gasteiger partial charge in [-0.05, 0) is 35.9 Å². The molecule has 2 aromatic carbocycles. The van der Waals surface area contributed by atoms with Gasteiger partial charge in [0.05, 0.1) is 11.4 Å². The minimum atomic E-state index is -0.143. The van der Waals surface area contributed by atoms with Crippen LogP contribution in [0, 0.1) is 0 Å². The molecule has 20 heavy (non-hydrogen) atoms. The Labute approximate surface area is 122 Å². The van der Waals surface area contributed by atoms with E-state index in [4.69, 9.17) is 17.3 Å². The fourth-order valence-electron chi connectivity index (χ4n) is 1.84. The SMILES string of the molecule is CNC(=O)c1ccc(N)c(NCc2cccc(Cl)c2)c1. The van der Waals surface area contributed by atoms with Crippen molar-refractivity contribution in [3.63, 3.8) is 0 Å². The molecule has 2 aromatic rings. The molecule has 0 aliphatic heterocycles. The van der Waals surface area contributed by atoms with Crippen molar-refractivity contribution in [3.05, 3.63) is 58.6 Å². The molecular weight excluding hydrogens is 274 g/mol. The van der Waals surface area contributed by atoms with Crippen molar-refractivity contribution < 1.29 is 4.79 Å². The van der Waals surface area contributed by atoms with E-state index in [1.165, 1.54) is 0 Å². The Morgan fingerprint density at radius 2 is 2.05 bits per heavy atom. The fraction of sp³-hybridized carbons (Fsp3) is 0.133. The van der Waals surface area contributed by atoms with Crippen molar-refractivity contribution in [2.45, 2.75) is 6.54 Å². The molecule has 4 N–H and O–H groups in total. The van der Waals surface area contributed by atoms with Crippen LogP contribution in [0.4, 0.5) is 11.4 Å². The number of hydrogen-bond acceptors (Lipinski definition) is 3. The highest BCUT2D eigenvalue weighted by Crippen LogP contribution is 2.21. The number of carbonyl (C=O) groups is 1. The Morgan fingerprint density at radius 1 is 1.25 bits per heavy atom. The van der Waals surface area contributed by atoms with Crippen LogP contribution >= 0.6 is 11.6 Å². The van der Waals surface area contributed by atoms with Crippen LogP contribution in [0.2, 0.25) is 5.02 Å². The van der Waals surface area contributed by atoms with Crippen molar-refractivity contribution in [1.29, 1.82) is 0 Å². The molecule has 0 unspecified atom stereocenters. The van der Waals surface area contributed by atoms with Gasteiger partial charge in [0.2, 0.25) is 0 Å². The first-order valence-electron chi connectivity index (χ1n) is 6.20. The van der Waals surface area contributed by atoms with Crippen molar-refractivity contribution in [3.8, 4) is 0 Å². The zero-order chi connectivity index (χ0) is 14.5. The summed E-state index contributed by atoms with van der Waals surface area (Å²) in [5.74, 6) is -0.143. The third-order valence-electron chi connectivity index (χ3n) is 2.91. The van der Waals surface area contributed by atoms with Crippen molar-refractivity contribution in [1.82, 2.24) is 5.32 Å². The molecule has 0 heterocycles. The lowest BCUT2D eigenvalue weighted by atomic mass is 10.1. The molecule has 2 rings (SSSR count). The van der Waals surface area contributed by atoms with E-state index in [1.807, 2.05) is 24.3 Å². The molecule has 0 atom stereocenters. The number of nitrogen functional groups attached to an aromatic ring is 1. The van der Waals surface area contributed by atoms with Gasteiger partial charge in [0.1, 0.15) is 0 Å². The Morgan fingerprint density at radius 3 is 2.75 bits per heavy atom. The van der Waals surface area contributed by atoms with E-state index < -0.39 is 0 Å². The van der Waals surface area contributed by atoms with Gasteiger partial charge >= 0.3 is 0 Å². The van der Waals surface area contributed by atoms with E-state index in [-0.39, 0.29) is 5.91 Å². The zero-order valence-corrected chi connectivity index (χ0v) is 11.9. The van der Waals surface area contributed by atoms with Gasteiger partial charge in [-0.3, -0.25) is 4.79 Å². The first kappa shape index (κ1) is 14.2. The Kier molecular flexibility index (Phi) is 4.48. The van der Waals surface area contributed by atoms with Gasteiger partial charge in [-0.2, -0.15) is 0 Å². The van der Waals surface area contributed by atoms with Crippen LogP contribution in [0.25, 0.3) is 0 Å². The predicted molar refractivity (Wildman–Crippen MR) is 83.0 cm³/mol. The molecule has 0 bridgehead atoms. The molecule has 5 heteroatoms. The van der Waals surface area contributed by atoms with Crippen LogP contribution in [0.15, 0.2) is 42.5 Å². The largest absolute Gasteiger partial charge is 0.397 e. The molecule has 1 amide bonds. The summed E-state index contributed by atoms with van der Waals surface area (Å²) in [7, 11) is 1.60. The summed E-state index contributed by atoms with van der Waals surface area (Å²) in [6.07, 6.45) is 0. The highest BCUT2D eigenvalue weighted by molar-refractivity contribution is 6.30. The average Bonchev–Trinajstić information content (AvgIpc) is 2.45. The molecule has 4 nitrogen and oxygen atoms in total. The van der Waals surface area contributed by atoms with E-state index in [9.17, 15) is 4.79 Å². The number of anilines is 2. The number of rotatable bonds is 4. The molecule has 0 aromatic heterocycles. The summed E-state index contributed by atoms with van der Waals surface area (Å²) in [6, 6.07) is 12.7. The molecule has 0 saturated heterocycles. The first-order chi connectivity index (χ1) is 9.60. The average molecular weight is 290 g/mol. The highest BCUT2D eigenvalue weighted by Gasteiger charge is 2.06. The summed E-state index contributed by atoms with van der Waals surface area (Å²) in [6.45, 7) is 0.585. The monoisotopic (exact) mass is 289 g/mol. The number of carbonyl (C=O) groups excluding carboxylic acids is 1. The molecule has 0 aliphatic carbocycles. The molecule has 0 aliphatic rings. The first-order valence-corrected chi connectivity index (χ1v) is 6.58. The van der Waals surface area contributed by atoms with Crippen LogP contribution < -0.4 is 16.4 Å². The van der Waals surface area contributed by atoms with Gasteiger partial charge in [-0.15, -0.1) is 0 Å². The third-order valence-corrected chi connectivity index (χ3v) is 3.15. The van der Waals surface area contributed by atoms with Crippen molar-refractivity contribution >= 4 is 28.9 Å². The van der Waals surface area contributed by atoms with E-state index >= 15 is 0 Å². The van der Waals surface area contributed by atoms with Crippen molar-refractivity contribution in [2.75, 3.05) is 18.1 Å². The zero-order valence-electron chi connectivity index (χ0n) is 11.1. The minimum absolute atomic E-state index is 0.143. The highest BCUT2D eigenvalue weighted by atomic mass is 35.5. The van der Waals surface area contributed by atoms with Gasteiger partial charge in [0, 0.05) is 24.2 Å². The molecule has 0 fully saturated rings. The lowest BCUT2D eigenvalue weighted by Crippen LogP contribution is -2.18. The molecule has 0 radical (unpaired) electrons. The smallest absolute Gasteiger partial charge is 0.251 e. The van der Waals surface area contributed by atoms with Crippen LogP contribution in [0.5, 0.6) is 0 Å². The number of amides is 1. The predicted octanol–water partition coefficient (Wildman–Crippen LogP) is 2.89. The maximum Gasteiger partial charge on any atom is 0.251 e. The number of halogens is 1. The van der Waals surface area contributed by atoms with Gasteiger partial charge in [-0.25, -0.2) is 0 Å². The molecule has 104 valence electrons. The fourth-order valence-corrected chi connectivity index (χ4v) is 2.05. The van der Waals surface area contributed by atoms with Gasteiger partial charge < -0.3 is 16.4 Å². The number of benzene rings is 2. The van der Waals surface area contributed by atoms with E-state index in [2.05, 4.69) is 10.6 Å². The molecular formula is C15H16ClN3O. The van der Waals surface area contributed by atoms with Crippen LogP contribution in [0.3, 0.4) is 0 Å². The van der Waals surface area contributed by atoms with Crippen LogP contribution in [0.1, 0.15) is 15.9 Å². The van der Waals surface area contributed by atoms with E-state index in [0.717, 1.165) is 11.3 Å². The Hall–Kier alpha value is -2.20. The third kappa shape index (κ3) is 3.42. The second-order valence-corrected chi connectivity index (χ2v) is 4.80. The van der Waals surface area contributed by atoms with Crippen molar-refractivity contribution in [2.24, 2.45) is 0 Å². The minimum Gasteiger partial charge on any atom is -0.397 e. The van der Waals surface area contributed by atoms with E-state index in [0.29, 0.717) is 22.8 Å². The quantitative estimate of drug-likeness (QED) is 0.758. The number of nitrogens with one attached hydrogen (secondary N) is 2. The summed E-state index contributed by atoms with van der Waals surface area (Å²) in [4.78, 5) is 11.6. The lowest BCUT2D eigenvalue weighted by Gasteiger charge is -2.11. The summed E-state index contributed by atoms with van der Waals surface area (Å²) in [5.41, 5.74) is 8.84. The van der Waals surface area contributed by atoms with Gasteiger partial charge in [0.25, 0.3) is 5.91 Å². The Bertz CT molecular complexity index is 628. The second-order valence-electron chi connectivity index (χ2n) is 4.36. The maximum atomic E-state index is 11.6. The molecule has 0 spiro atoms. The Balaban J connectivity index is 2.14.